The van der Waals surface area contributed by atoms with E-state index in [2.05, 4.69) is 0 Å². The lowest BCUT2D eigenvalue weighted by Gasteiger charge is -2.23. The molecule has 4 heteroatoms. The van der Waals surface area contributed by atoms with Gasteiger partial charge in [0.1, 0.15) is 0 Å². The average molecular weight is 228 g/mol. The standard InChI is InChI=1S/C12H11F3O/c13-12(14,15)7-9-6-5-8-3-1-2-4-10(8)11(9)16/h1-4,9H,5-7H2. The molecule has 1 aromatic carbocycles. The van der Waals surface area contributed by atoms with Gasteiger partial charge in [0.15, 0.2) is 5.78 Å². The zero-order chi connectivity index (χ0) is 11.8. The first-order valence-electron chi connectivity index (χ1n) is 5.16. The van der Waals surface area contributed by atoms with Gasteiger partial charge in [-0.05, 0) is 18.4 Å². The SMILES string of the molecule is O=C1c2ccccc2CCC1CC(F)(F)F. The monoisotopic (exact) mass is 228 g/mol. The number of hydrogen-bond donors (Lipinski definition) is 0. The Morgan fingerprint density at radius 1 is 1.25 bits per heavy atom. The Balaban J connectivity index is 2.22. The summed E-state index contributed by atoms with van der Waals surface area (Å²) in [6.07, 6.45) is -4.40. The highest BCUT2D eigenvalue weighted by Crippen LogP contribution is 2.33. The van der Waals surface area contributed by atoms with Crippen LogP contribution in [-0.2, 0) is 6.42 Å². The van der Waals surface area contributed by atoms with Gasteiger partial charge >= 0.3 is 6.18 Å². The molecule has 86 valence electrons. The smallest absolute Gasteiger partial charge is 0.294 e. The summed E-state index contributed by atoms with van der Waals surface area (Å²) in [6, 6.07) is 6.90. The second-order valence-corrected chi connectivity index (χ2v) is 4.08. The number of rotatable bonds is 1. The highest BCUT2D eigenvalue weighted by atomic mass is 19.4. The lowest BCUT2D eigenvalue weighted by Crippen LogP contribution is -2.27. The molecule has 1 nitrogen and oxygen atoms in total. The van der Waals surface area contributed by atoms with Crippen molar-refractivity contribution in [1.82, 2.24) is 0 Å². The summed E-state index contributed by atoms with van der Waals surface area (Å²) in [7, 11) is 0. The van der Waals surface area contributed by atoms with Crippen LogP contribution in [0.15, 0.2) is 24.3 Å². The molecule has 0 bridgehead atoms. The number of fused-ring (bicyclic) bond motifs is 1. The molecule has 0 amide bonds. The molecule has 0 heterocycles. The zero-order valence-electron chi connectivity index (χ0n) is 8.55. The highest BCUT2D eigenvalue weighted by molar-refractivity contribution is 6.00. The summed E-state index contributed by atoms with van der Waals surface area (Å²) < 4.78 is 36.7. The Bertz CT molecular complexity index is 409. The minimum atomic E-state index is -4.26. The van der Waals surface area contributed by atoms with E-state index in [4.69, 9.17) is 0 Å². The topological polar surface area (TPSA) is 17.1 Å². The minimum Gasteiger partial charge on any atom is -0.294 e. The van der Waals surface area contributed by atoms with Crippen LogP contribution in [0.2, 0.25) is 0 Å². The maximum absolute atomic E-state index is 12.2. The molecule has 0 spiro atoms. The Kier molecular flexibility index (Phi) is 2.74. The summed E-state index contributed by atoms with van der Waals surface area (Å²) in [5.74, 6) is -1.26. The molecule has 1 aliphatic rings. The van der Waals surface area contributed by atoms with Crippen molar-refractivity contribution in [2.24, 2.45) is 5.92 Å². The molecule has 0 saturated carbocycles. The molecule has 0 N–H and O–H groups in total. The lowest BCUT2D eigenvalue weighted by molar-refractivity contribution is -0.141. The van der Waals surface area contributed by atoms with E-state index >= 15 is 0 Å². The van der Waals surface area contributed by atoms with Gasteiger partial charge in [0.25, 0.3) is 0 Å². The number of ketones is 1. The fourth-order valence-corrected chi connectivity index (χ4v) is 2.13. The molecule has 16 heavy (non-hydrogen) atoms. The van der Waals surface area contributed by atoms with E-state index in [1.165, 1.54) is 0 Å². The molecule has 1 unspecified atom stereocenters. The van der Waals surface area contributed by atoms with Crippen molar-refractivity contribution in [3.8, 4) is 0 Å². The number of halogens is 3. The highest BCUT2D eigenvalue weighted by Gasteiger charge is 2.37. The first-order valence-corrected chi connectivity index (χ1v) is 5.16. The molecular weight excluding hydrogens is 217 g/mol. The molecule has 1 aromatic rings. The van der Waals surface area contributed by atoms with Crippen LogP contribution in [0.5, 0.6) is 0 Å². The number of aryl methyl sites for hydroxylation is 1. The van der Waals surface area contributed by atoms with Crippen LogP contribution >= 0.6 is 0 Å². The van der Waals surface area contributed by atoms with Crippen LogP contribution < -0.4 is 0 Å². The van der Waals surface area contributed by atoms with Gasteiger partial charge in [-0.1, -0.05) is 24.3 Å². The molecule has 2 rings (SSSR count). The third kappa shape index (κ3) is 2.26. The largest absolute Gasteiger partial charge is 0.389 e. The summed E-state index contributed by atoms with van der Waals surface area (Å²) in [5, 5.41) is 0. The lowest BCUT2D eigenvalue weighted by atomic mass is 9.81. The Morgan fingerprint density at radius 3 is 2.62 bits per heavy atom. The maximum Gasteiger partial charge on any atom is 0.389 e. The van der Waals surface area contributed by atoms with Crippen LogP contribution in [0.4, 0.5) is 13.2 Å². The molecule has 0 aliphatic heterocycles. The molecule has 0 fully saturated rings. The minimum absolute atomic E-state index is 0.301. The van der Waals surface area contributed by atoms with Crippen molar-refractivity contribution in [3.05, 3.63) is 35.4 Å². The number of carbonyl (C=O) groups is 1. The summed E-state index contributed by atoms with van der Waals surface area (Å²) in [6.45, 7) is 0. The fourth-order valence-electron chi connectivity index (χ4n) is 2.13. The van der Waals surface area contributed by atoms with Gasteiger partial charge < -0.3 is 0 Å². The maximum atomic E-state index is 12.2. The summed E-state index contributed by atoms with van der Waals surface area (Å²) >= 11 is 0. The molecule has 0 aromatic heterocycles. The van der Waals surface area contributed by atoms with Crippen molar-refractivity contribution in [1.29, 1.82) is 0 Å². The first kappa shape index (κ1) is 11.2. The Labute approximate surface area is 91.3 Å². The number of Topliss-reactive ketones (excluding diaryl/α,β-unsaturated/α-hetero) is 1. The summed E-state index contributed by atoms with van der Waals surface area (Å²) in [5.41, 5.74) is 1.33. The number of carbonyl (C=O) groups excluding carboxylic acids is 1. The predicted octanol–water partition coefficient (Wildman–Crippen LogP) is 3.38. The van der Waals surface area contributed by atoms with E-state index < -0.39 is 18.5 Å². The van der Waals surface area contributed by atoms with Crippen LogP contribution in [0.3, 0.4) is 0 Å². The van der Waals surface area contributed by atoms with E-state index in [9.17, 15) is 18.0 Å². The van der Waals surface area contributed by atoms with Gasteiger partial charge in [0, 0.05) is 11.5 Å². The molecule has 0 saturated heterocycles. The van der Waals surface area contributed by atoms with Crippen molar-refractivity contribution in [2.45, 2.75) is 25.4 Å². The molecule has 1 aliphatic carbocycles. The van der Waals surface area contributed by atoms with E-state index in [1.54, 1.807) is 24.3 Å². The average Bonchev–Trinajstić information content (AvgIpc) is 2.21. The van der Waals surface area contributed by atoms with Crippen molar-refractivity contribution in [3.63, 3.8) is 0 Å². The van der Waals surface area contributed by atoms with Gasteiger partial charge in [0.2, 0.25) is 0 Å². The van der Waals surface area contributed by atoms with Crippen LogP contribution in [-0.4, -0.2) is 12.0 Å². The van der Waals surface area contributed by atoms with Gasteiger partial charge in [-0.15, -0.1) is 0 Å². The second-order valence-electron chi connectivity index (χ2n) is 4.08. The predicted molar refractivity (Wildman–Crippen MR) is 53.3 cm³/mol. The third-order valence-corrected chi connectivity index (χ3v) is 2.89. The van der Waals surface area contributed by atoms with Gasteiger partial charge in [0.05, 0.1) is 6.42 Å². The van der Waals surface area contributed by atoms with E-state index in [0.717, 1.165) is 5.56 Å². The third-order valence-electron chi connectivity index (χ3n) is 2.89. The second kappa shape index (κ2) is 3.92. The molecular formula is C12H11F3O. The van der Waals surface area contributed by atoms with Crippen molar-refractivity contribution < 1.29 is 18.0 Å². The van der Waals surface area contributed by atoms with E-state index in [0.29, 0.717) is 18.4 Å². The van der Waals surface area contributed by atoms with Crippen LogP contribution in [0, 0.1) is 5.92 Å². The van der Waals surface area contributed by atoms with Gasteiger partial charge in [-0.2, -0.15) is 13.2 Å². The van der Waals surface area contributed by atoms with E-state index in [-0.39, 0.29) is 5.78 Å². The zero-order valence-corrected chi connectivity index (χ0v) is 8.55. The Hall–Kier alpha value is -1.32. The number of alkyl halides is 3. The van der Waals surface area contributed by atoms with Gasteiger partial charge in [-0.3, -0.25) is 4.79 Å². The normalized spacial score (nSPS) is 20.7. The quantitative estimate of drug-likeness (QED) is 0.720. The van der Waals surface area contributed by atoms with Crippen LogP contribution in [0.1, 0.15) is 28.8 Å². The van der Waals surface area contributed by atoms with Crippen LogP contribution in [0.25, 0.3) is 0 Å². The fraction of sp³-hybridized carbons (Fsp3) is 0.417. The van der Waals surface area contributed by atoms with Crippen molar-refractivity contribution >= 4 is 5.78 Å². The number of hydrogen-bond acceptors (Lipinski definition) is 1. The van der Waals surface area contributed by atoms with Crippen molar-refractivity contribution in [2.75, 3.05) is 0 Å². The Morgan fingerprint density at radius 2 is 1.94 bits per heavy atom. The van der Waals surface area contributed by atoms with E-state index in [1.807, 2.05) is 0 Å². The number of benzene rings is 1. The molecule has 1 atom stereocenters. The molecule has 0 radical (unpaired) electrons. The van der Waals surface area contributed by atoms with Gasteiger partial charge in [-0.25, -0.2) is 0 Å². The first-order chi connectivity index (χ1) is 7.47. The summed E-state index contributed by atoms with van der Waals surface area (Å²) in [4.78, 5) is 11.8.